The van der Waals surface area contributed by atoms with E-state index >= 15 is 0 Å². The summed E-state index contributed by atoms with van der Waals surface area (Å²) in [5.74, 6) is -0.0473. The average molecular weight is 514 g/mol. The third kappa shape index (κ3) is 6.25. The summed E-state index contributed by atoms with van der Waals surface area (Å²) < 4.78 is 44.0. The summed E-state index contributed by atoms with van der Waals surface area (Å²) in [5.41, 5.74) is 0.846. The topological polar surface area (TPSA) is 71.0 Å². The normalized spacial score (nSPS) is 17.2. The first-order chi connectivity index (χ1) is 17.2. The summed E-state index contributed by atoms with van der Waals surface area (Å²) in [5, 5.41) is 2.27. The van der Waals surface area contributed by atoms with Gasteiger partial charge in [0.15, 0.2) is 5.17 Å². The lowest BCUT2D eigenvalue weighted by molar-refractivity contribution is -0.137. The van der Waals surface area contributed by atoms with E-state index in [9.17, 15) is 22.8 Å². The number of benzene rings is 3. The molecular weight excluding hydrogens is 491 g/mol. The highest BCUT2D eigenvalue weighted by molar-refractivity contribution is 8.15. The first kappa shape index (κ1) is 25.3. The van der Waals surface area contributed by atoms with Crippen molar-refractivity contribution in [1.82, 2.24) is 4.90 Å². The fraction of sp³-hybridized carbons (Fsp3) is 0.192. The number of halogens is 3. The number of hydrogen-bond donors (Lipinski definition) is 1. The van der Waals surface area contributed by atoms with Crippen molar-refractivity contribution in [1.29, 1.82) is 0 Å². The summed E-state index contributed by atoms with van der Waals surface area (Å²) in [6.45, 7) is 0.221. The molecule has 1 aliphatic heterocycles. The van der Waals surface area contributed by atoms with E-state index in [2.05, 4.69) is 10.3 Å². The van der Waals surface area contributed by atoms with Crippen LogP contribution >= 0.6 is 11.8 Å². The molecule has 1 N–H and O–H groups in total. The number of carbonyl (C=O) groups excluding carboxylic acids is 2. The third-order valence-corrected chi connectivity index (χ3v) is 6.58. The van der Waals surface area contributed by atoms with Crippen LogP contribution in [0, 0.1) is 0 Å². The molecule has 1 saturated heterocycles. The molecule has 6 nitrogen and oxygen atoms in total. The number of thioether (sulfide) groups is 1. The number of aliphatic imine (C=N–C) groups is 1. The molecule has 10 heteroatoms. The highest BCUT2D eigenvalue weighted by Crippen LogP contribution is 2.33. The van der Waals surface area contributed by atoms with Gasteiger partial charge in [0.25, 0.3) is 0 Å². The lowest BCUT2D eigenvalue weighted by Crippen LogP contribution is -2.44. The Morgan fingerprint density at radius 3 is 2.33 bits per heavy atom. The molecule has 1 fully saturated rings. The summed E-state index contributed by atoms with van der Waals surface area (Å²) >= 11 is 1.10. The number of nitrogens with one attached hydrogen (secondary N) is 1. The maximum atomic E-state index is 13.1. The number of hydrogen-bond acceptors (Lipinski definition) is 5. The molecule has 0 aliphatic carbocycles. The Kier molecular flexibility index (Phi) is 7.64. The molecular formula is C26H22F3N3O3S. The molecule has 0 radical (unpaired) electrons. The van der Waals surface area contributed by atoms with E-state index < -0.39 is 17.0 Å². The number of nitrogens with zero attached hydrogens (tertiary/aromatic N) is 2. The van der Waals surface area contributed by atoms with Crippen LogP contribution < -0.4 is 10.1 Å². The molecule has 0 bridgehead atoms. The molecule has 0 spiro atoms. The molecule has 2 amide bonds. The summed E-state index contributed by atoms with van der Waals surface area (Å²) in [4.78, 5) is 32.0. The van der Waals surface area contributed by atoms with Gasteiger partial charge < -0.3 is 10.1 Å². The molecule has 36 heavy (non-hydrogen) atoms. The van der Waals surface area contributed by atoms with E-state index in [0.717, 1.165) is 29.5 Å². The molecule has 1 heterocycles. The fourth-order valence-electron chi connectivity index (χ4n) is 3.50. The smallest absolute Gasteiger partial charge is 0.416 e. The molecule has 1 atom stereocenters. The van der Waals surface area contributed by atoms with Crippen molar-refractivity contribution in [2.75, 3.05) is 12.4 Å². The third-order valence-electron chi connectivity index (χ3n) is 5.39. The first-order valence-corrected chi connectivity index (χ1v) is 11.8. The number of amidine groups is 1. The van der Waals surface area contributed by atoms with E-state index in [-0.39, 0.29) is 35.6 Å². The molecule has 0 aromatic heterocycles. The predicted octanol–water partition coefficient (Wildman–Crippen LogP) is 5.87. The van der Waals surface area contributed by atoms with Gasteiger partial charge in [-0.2, -0.15) is 13.2 Å². The van der Waals surface area contributed by atoms with Crippen LogP contribution in [-0.2, 0) is 22.3 Å². The Hall–Kier alpha value is -3.79. The minimum atomic E-state index is -4.47. The van der Waals surface area contributed by atoms with Gasteiger partial charge in [-0.1, -0.05) is 42.1 Å². The Morgan fingerprint density at radius 1 is 1.06 bits per heavy atom. The van der Waals surface area contributed by atoms with Crippen LogP contribution in [0.1, 0.15) is 17.5 Å². The molecule has 3 aromatic rings. The van der Waals surface area contributed by atoms with Gasteiger partial charge in [0.05, 0.1) is 24.9 Å². The highest BCUT2D eigenvalue weighted by atomic mass is 32.2. The molecule has 1 unspecified atom stereocenters. The number of alkyl halides is 3. The number of methoxy groups -OCH3 is 1. The van der Waals surface area contributed by atoms with Gasteiger partial charge in [-0.3, -0.25) is 14.5 Å². The van der Waals surface area contributed by atoms with Crippen LogP contribution in [0.2, 0.25) is 0 Å². The van der Waals surface area contributed by atoms with Gasteiger partial charge in [-0.15, -0.1) is 0 Å². The van der Waals surface area contributed by atoms with Gasteiger partial charge in [-0.25, -0.2) is 4.99 Å². The number of anilines is 1. The van der Waals surface area contributed by atoms with Crippen LogP contribution in [-0.4, -0.2) is 34.2 Å². The molecule has 4 rings (SSSR count). The largest absolute Gasteiger partial charge is 0.497 e. The Morgan fingerprint density at radius 2 is 1.72 bits per heavy atom. The van der Waals surface area contributed by atoms with E-state index in [1.807, 2.05) is 30.3 Å². The standard InChI is InChI=1S/C26H22F3N3O3S/c1-35-21-13-11-19(12-14-21)30-24(34)22-15-23(33)32(16-17-5-3-2-4-6-17)25(36-22)31-20-9-7-18(8-10-20)26(27,28)29/h2-14,22H,15-16H2,1H3,(H,30,34). The Labute approximate surface area is 210 Å². The summed E-state index contributed by atoms with van der Waals surface area (Å²) in [6, 6.07) is 20.4. The zero-order valence-electron chi connectivity index (χ0n) is 19.2. The maximum absolute atomic E-state index is 13.1. The van der Waals surface area contributed by atoms with Crippen LogP contribution in [0.3, 0.4) is 0 Å². The number of ether oxygens (including phenoxy) is 1. The zero-order chi connectivity index (χ0) is 25.7. The maximum Gasteiger partial charge on any atom is 0.416 e. The van der Waals surface area contributed by atoms with Crippen molar-refractivity contribution in [2.45, 2.75) is 24.4 Å². The minimum absolute atomic E-state index is 0.0501. The van der Waals surface area contributed by atoms with Crippen molar-refractivity contribution in [3.05, 3.63) is 90.0 Å². The quantitative estimate of drug-likeness (QED) is 0.447. The summed E-state index contributed by atoms with van der Waals surface area (Å²) in [6.07, 6.45) is -4.52. The van der Waals surface area contributed by atoms with Gasteiger partial charge in [-0.05, 0) is 54.1 Å². The second kappa shape index (κ2) is 10.9. The number of carbonyl (C=O) groups is 2. The molecule has 3 aromatic carbocycles. The number of rotatable bonds is 6. The van der Waals surface area contributed by atoms with Crippen molar-refractivity contribution in [2.24, 2.45) is 4.99 Å². The Balaban J connectivity index is 1.59. The zero-order valence-corrected chi connectivity index (χ0v) is 20.0. The van der Waals surface area contributed by atoms with E-state index in [4.69, 9.17) is 4.74 Å². The van der Waals surface area contributed by atoms with Crippen molar-refractivity contribution < 1.29 is 27.5 Å². The fourth-order valence-corrected chi connectivity index (χ4v) is 4.59. The van der Waals surface area contributed by atoms with E-state index in [0.29, 0.717) is 11.4 Å². The van der Waals surface area contributed by atoms with E-state index in [1.165, 1.54) is 24.1 Å². The van der Waals surface area contributed by atoms with Crippen LogP contribution in [0.25, 0.3) is 0 Å². The van der Waals surface area contributed by atoms with Gasteiger partial charge in [0.1, 0.15) is 11.0 Å². The van der Waals surface area contributed by atoms with Gasteiger partial charge in [0.2, 0.25) is 11.8 Å². The van der Waals surface area contributed by atoms with Crippen LogP contribution in [0.4, 0.5) is 24.5 Å². The second-order valence-electron chi connectivity index (χ2n) is 7.93. The lowest BCUT2D eigenvalue weighted by atomic mass is 10.2. The summed E-state index contributed by atoms with van der Waals surface area (Å²) in [7, 11) is 1.54. The first-order valence-electron chi connectivity index (χ1n) is 10.9. The predicted molar refractivity (Wildman–Crippen MR) is 133 cm³/mol. The average Bonchev–Trinajstić information content (AvgIpc) is 2.87. The molecule has 1 aliphatic rings. The van der Waals surface area contributed by atoms with Gasteiger partial charge in [0, 0.05) is 12.1 Å². The van der Waals surface area contributed by atoms with Crippen LogP contribution in [0.5, 0.6) is 5.75 Å². The van der Waals surface area contributed by atoms with Crippen molar-refractivity contribution >= 4 is 40.1 Å². The molecule has 186 valence electrons. The van der Waals surface area contributed by atoms with Crippen molar-refractivity contribution in [3.63, 3.8) is 0 Å². The Bertz CT molecular complexity index is 1250. The molecule has 0 saturated carbocycles. The number of amides is 2. The van der Waals surface area contributed by atoms with Crippen LogP contribution in [0.15, 0.2) is 83.9 Å². The lowest BCUT2D eigenvalue weighted by Gasteiger charge is -2.32. The van der Waals surface area contributed by atoms with E-state index in [1.54, 1.807) is 24.3 Å². The second-order valence-corrected chi connectivity index (χ2v) is 9.10. The van der Waals surface area contributed by atoms with Crippen molar-refractivity contribution in [3.8, 4) is 5.75 Å². The van der Waals surface area contributed by atoms with Gasteiger partial charge >= 0.3 is 6.18 Å². The monoisotopic (exact) mass is 513 g/mol. The minimum Gasteiger partial charge on any atom is -0.497 e. The highest BCUT2D eigenvalue weighted by Gasteiger charge is 2.36. The SMILES string of the molecule is COc1ccc(NC(=O)C2CC(=O)N(Cc3ccccc3)C(=Nc3ccc(C(F)(F)F)cc3)S2)cc1.